The lowest BCUT2D eigenvalue weighted by molar-refractivity contribution is -0.117. The summed E-state index contributed by atoms with van der Waals surface area (Å²) in [6.07, 6.45) is 0. The molecule has 0 bridgehead atoms. The van der Waals surface area contributed by atoms with E-state index in [1.54, 1.807) is 11.9 Å². The number of benzene rings is 1. The summed E-state index contributed by atoms with van der Waals surface area (Å²) in [7, 11) is 1.74. The van der Waals surface area contributed by atoms with Gasteiger partial charge in [0.1, 0.15) is 0 Å². The lowest BCUT2D eigenvalue weighted by Gasteiger charge is -2.22. The van der Waals surface area contributed by atoms with Gasteiger partial charge in [0.05, 0.1) is 28.9 Å². The third-order valence-corrected chi connectivity index (χ3v) is 3.33. The van der Waals surface area contributed by atoms with E-state index in [0.29, 0.717) is 11.4 Å². The zero-order chi connectivity index (χ0) is 14.6. The molecule has 0 spiro atoms. The van der Waals surface area contributed by atoms with Crippen LogP contribution in [0.25, 0.3) is 0 Å². The molecule has 0 aromatic heterocycles. The van der Waals surface area contributed by atoms with Crippen molar-refractivity contribution < 1.29 is 9.90 Å². The van der Waals surface area contributed by atoms with Gasteiger partial charge in [-0.15, -0.1) is 0 Å². The Balaban J connectivity index is 2.73. The van der Waals surface area contributed by atoms with Crippen LogP contribution in [0.3, 0.4) is 0 Å². The highest BCUT2D eigenvalue weighted by molar-refractivity contribution is 6.40. The zero-order valence-electron chi connectivity index (χ0n) is 10.8. The van der Waals surface area contributed by atoms with E-state index < -0.39 is 0 Å². The Hall–Kier alpha value is -1.01. The summed E-state index contributed by atoms with van der Waals surface area (Å²) in [6, 6.07) is 2.93. The molecule has 7 heteroatoms. The summed E-state index contributed by atoms with van der Waals surface area (Å²) in [6.45, 7) is 1.92. The lowest BCUT2D eigenvalue weighted by Crippen LogP contribution is -2.38. The predicted molar refractivity (Wildman–Crippen MR) is 78.7 cm³/mol. The Kier molecular flexibility index (Phi) is 5.87. The van der Waals surface area contributed by atoms with Crippen LogP contribution in [0.4, 0.5) is 11.4 Å². The van der Waals surface area contributed by atoms with E-state index in [4.69, 9.17) is 34.0 Å². The van der Waals surface area contributed by atoms with Crippen LogP contribution < -0.4 is 11.1 Å². The minimum absolute atomic E-state index is 0.0207. The second-order valence-electron chi connectivity index (χ2n) is 4.35. The maximum Gasteiger partial charge on any atom is 0.238 e. The van der Waals surface area contributed by atoms with Crippen LogP contribution in [0, 0.1) is 0 Å². The van der Waals surface area contributed by atoms with Crippen molar-refractivity contribution in [3.05, 3.63) is 22.2 Å². The van der Waals surface area contributed by atoms with Gasteiger partial charge in [-0.25, -0.2) is 0 Å². The number of nitrogens with one attached hydrogen (secondary N) is 1. The van der Waals surface area contributed by atoms with Crippen LogP contribution in [0.5, 0.6) is 0 Å². The molecular weight excluding hydrogens is 289 g/mol. The first kappa shape index (κ1) is 16.0. The number of aliphatic hydroxyl groups is 1. The molecule has 1 aromatic carbocycles. The minimum atomic E-state index is -0.267. The molecule has 1 aromatic rings. The van der Waals surface area contributed by atoms with Crippen LogP contribution in [-0.2, 0) is 4.79 Å². The highest BCUT2D eigenvalue weighted by atomic mass is 35.5. The van der Waals surface area contributed by atoms with E-state index in [-0.39, 0.29) is 35.1 Å². The van der Waals surface area contributed by atoms with Gasteiger partial charge >= 0.3 is 0 Å². The number of hydrogen-bond donors (Lipinski definition) is 3. The molecule has 19 heavy (non-hydrogen) atoms. The van der Waals surface area contributed by atoms with Gasteiger partial charge < -0.3 is 16.2 Å². The van der Waals surface area contributed by atoms with Crippen LogP contribution in [0.2, 0.25) is 10.0 Å². The Morgan fingerprint density at radius 1 is 1.47 bits per heavy atom. The molecular formula is C12H17Cl2N3O2. The second kappa shape index (κ2) is 6.96. The number of aliphatic hydroxyl groups excluding tert-OH is 1. The number of carbonyl (C=O) groups excluding carboxylic acids is 1. The predicted octanol–water partition coefficient (Wildman–Crippen LogP) is 1.83. The molecule has 1 unspecified atom stereocenters. The number of nitrogen functional groups attached to an aromatic ring is 1. The van der Waals surface area contributed by atoms with Crippen molar-refractivity contribution in [1.29, 1.82) is 0 Å². The number of rotatable bonds is 5. The van der Waals surface area contributed by atoms with Crippen molar-refractivity contribution in [2.24, 2.45) is 0 Å². The second-order valence-corrected chi connectivity index (χ2v) is 5.17. The Labute approximate surface area is 122 Å². The monoisotopic (exact) mass is 305 g/mol. The molecule has 0 saturated heterocycles. The van der Waals surface area contributed by atoms with E-state index in [1.807, 2.05) is 6.92 Å². The summed E-state index contributed by atoms with van der Waals surface area (Å²) in [4.78, 5) is 13.6. The maximum atomic E-state index is 11.8. The Bertz CT molecular complexity index is 445. The highest BCUT2D eigenvalue weighted by Gasteiger charge is 2.15. The molecule has 1 rings (SSSR count). The molecule has 0 fully saturated rings. The number of nitrogens with zero attached hydrogens (tertiary/aromatic N) is 1. The average molecular weight is 306 g/mol. The molecule has 0 heterocycles. The van der Waals surface area contributed by atoms with Crippen molar-refractivity contribution in [2.45, 2.75) is 13.0 Å². The standard InChI is InChI=1S/C12H17Cl2N3O2/c1-7(6-18)17(2)5-11(19)16-12-9(13)3-8(15)4-10(12)14/h3-4,7,18H,5-6,15H2,1-2H3,(H,16,19). The van der Waals surface area contributed by atoms with Crippen molar-refractivity contribution in [3.63, 3.8) is 0 Å². The van der Waals surface area contributed by atoms with Gasteiger partial charge in [-0.1, -0.05) is 23.2 Å². The van der Waals surface area contributed by atoms with Crippen LogP contribution in [0.1, 0.15) is 6.92 Å². The molecule has 4 N–H and O–H groups in total. The third kappa shape index (κ3) is 4.54. The fourth-order valence-electron chi connectivity index (χ4n) is 1.41. The molecule has 106 valence electrons. The molecule has 0 aliphatic rings. The number of nitrogens with two attached hydrogens (primary N) is 1. The largest absolute Gasteiger partial charge is 0.399 e. The summed E-state index contributed by atoms with van der Waals surface area (Å²) in [5.41, 5.74) is 6.35. The van der Waals surface area contributed by atoms with E-state index in [1.165, 1.54) is 12.1 Å². The van der Waals surface area contributed by atoms with Gasteiger partial charge in [0.15, 0.2) is 0 Å². The number of anilines is 2. The van der Waals surface area contributed by atoms with Gasteiger partial charge in [-0.2, -0.15) is 0 Å². The van der Waals surface area contributed by atoms with E-state index >= 15 is 0 Å². The highest BCUT2D eigenvalue weighted by Crippen LogP contribution is 2.32. The number of amides is 1. The molecule has 1 amide bonds. The molecule has 1 atom stereocenters. The van der Waals surface area contributed by atoms with Crippen molar-refractivity contribution in [2.75, 3.05) is 31.2 Å². The van der Waals surface area contributed by atoms with Crippen molar-refractivity contribution in [1.82, 2.24) is 4.90 Å². The molecule has 0 radical (unpaired) electrons. The molecule has 0 aliphatic carbocycles. The summed E-state index contributed by atoms with van der Waals surface area (Å²) < 4.78 is 0. The lowest BCUT2D eigenvalue weighted by atomic mass is 10.2. The zero-order valence-corrected chi connectivity index (χ0v) is 12.3. The van der Waals surface area contributed by atoms with Gasteiger partial charge in [-0.05, 0) is 26.1 Å². The fourth-order valence-corrected chi connectivity index (χ4v) is 2.01. The molecule has 0 saturated carbocycles. The van der Waals surface area contributed by atoms with Crippen molar-refractivity contribution >= 4 is 40.5 Å². The number of carbonyl (C=O) groups is 1. The third-order valence-electron chi connectivity index (χ3n) is 2.74. The summed E-state index contributed by atoms with van der Waals surface area (Å²) >= 11 is 11.9. The minimum Gasteiger partial charge on any atom is -0.399 e. The van der Waals surface area contributed by atoms with Gasteiger partial charge in [0.25, 0.3) is 0 Å². The summed E-state index contributed by atoms with van der Waals surface area (Å²) in [5.74, 6) is -0.267. The topological polar surface area (TPSA) is 78.6 Å². The quantitative estimate of drug-likeness (QED) is 0.725. The molecule has 0 aliphatic heterocycles. The van der Waals surface area contributed by atoms with E-state index in [9.17, 15) is 4.79 Å². The first-order valence-electron chi connectivity index (χ1n) is 5.70. The van der Waals surface area contributed by atoms with E-state index in [0.717, 1.165) is 0 Å². The van der Waals surface area contributed by atoms with Crippen LogP contribution in [0.15, 0.2) is 12.1 Å². The number of likely N-dealkylation sites (N-methyl/N-ethyl adjacent to an activating group) is 1. The fraction of sp³-hybridized carbons (Fsp3) is 0.417. The van der Waals surface area contributed by atoms with Crippen LogP contribution >= 0.6 is 23.2 Å². The number of hydrogen-bond acceptors (Lipinski definition) is 4. The van der Waals surface area contributed by atoms with Gasteiger partial charge in [-0.3, -0.25) is 9.69 Å². The van der Waals surface area contributed by atoms with Gasteiger partial charge in [0, 0.05) is 11.7 Å². The average Bonchev–Trinajstić information content (AvgIpc) is 2.32. The molecule has 5 nitrogen and oxygen atoms in total. The Morgan fingerprint density at radius 2 is 2.00 bits per heavy atom. The first-order chi connectivity index (χ1) is 8.85. The normalized spacial score (nSPS) is 12.5. The van der Waals surface area contributed by atoms with Crippen LogP contribution in [-0.4, -0.2) is 42.2 Å². The number of halogens is 2. The maximum absolute atomic E-state index is 11.8. The smallest absolute Gasteiger partial charge is 0.238 e. The SMILES string of the molecule is CC(CO)N(C)CC(=O)Nc1c(Cl)cc(N)cc1Cl. The van der Waals surface area contributed by atoms with Crippen molar-refractivity contribution in [3.8, 4) is 0 Å². The Morgan fingerprint density at radius 3 is 2.47 bits per heavy atom. The summed E-state index contributed by atoms with van der Waals surface area (Å²) in [5, 5.41) is 12.2. The van der Waals surface area contributed by atoms with E-state index in [2.05, 4.69) is 5.32 Å². The van der Waals surface area contributed by atoms with Gasteiger partial charge in [0.2, 0.25) is 5.91 Å². The first-order valence-corrected chi connectivity index (χ1v) is 6.46.